The highest BCUT2D eigenvalue weighted by atomic mass is 16.1. The summed E-state index contributed by atoms with van der Waals surface area (Å²) in [6.45, 7) is 3.86. The van der Waals surface area contributed by atoms with Crippen LogP contribution < -0.4 is 11.1 Å². The summed E-state index contributed by atoms with van der Waals surface area (Å²) in [5.41, 5.74) is 8.19. The molecule has 0 radical (unpaired) electrons. The molecule has 6 nitrogen and oxygen atoms in total. The Morgan fingerprint density at radius 1 is 1.35 bits per heavy atom. The van der Waals surface area contributed by atoms with Gasteiger partial charge in [0.15, 0.2) is 17.2 Å². The molecule has 0 atom stereocenters. The fourth-order valence-corrected chi connectivity index (χ4v) is 1.84. The van der Waals surface area contributed by atoms with Crippen LogP contribution in [0.15, 0.2) is 24.4 Å². The molecule has 0 saturated heterocycles. The number of nitriles is 1. The summed E-state index contributed by atoms with van der Waals surface area (Å²) in [5.74, 6) is -0.510. The van der Waals surface area contributed by atoms with E-state index >= 15 is 0 Å². The van der Waals surface area contributed by atoms with E-state index < -0.39 is 5.91 Å². The van der Waals surface area contributed by atoms with E-state index in [-0.39, 0.29) is 17.2 Å². The zero-order chi connectivity index (χ0) is 14.7. The lowest BCUT2D eigenvalue weighted by Crippen LogP contribution is -2.17. The van der Waals surface area contributed by atoms with Crippen molar-refractivity contribution in [3.05, 3.63) is 46.9 Å². The van der Waals surface area contributed by atoms with Crippen LogP contribution in [-0.2, 0) is 0 Å². The molecule has 1 amide bonds. The van der Waals surface area contributed by atoms with Crippen LogP contribution in [0.1, 0.15) is 27.3 Å². The molecule has 0 aliphatic rings. The molecule has 0 unspecified atom stereocenters. The number of hydrogen-bond donors (Lipinski definition) is 2. The Bertz CT molecular complexity index is 698. The summed E-state index contributed by atoms with van der Waals surface area (Å²) < 4.78 is 0. The SMILES string of the molecule is Cc1cccc(C)c1Nc1nc(C#N)cnc1C(N)=O. The fourth-order valence-electron chi connectivity index (χ4n) is 1.84. The highest BCUT2D eigenvalue weighted by molar-refractivity contribution is 5.96. The first kappa shape index (κ1) is 13.5. The van der Waals surface area contributed by atoms with Gasteiger partial charge in [0, 0.05) is 5.69 Å². The number of primary amides is 1. The van der Waals surface area contributed by atoms with Crippen LogP contribution in [0.3, 0.4) is 0 Å². The minimum absolute atomic E-state index is 0.00616. The number of aryl methyl sites for hydroxylation is 2. The van der Waals surface area contributed by atoms with Gasteiger partial charge in [0.2, 0.25) is 0 Å². The van der Waals surface area contributed by atoms with Crippen LogP contribution in [0.2, 0.25) is 0 Å². The van der Waals surface area contributed by atoms with Gasteiger partial charge in [0.1, 0.15) is 6.07 Å². The second kappa shape index (κ2) is 5.36. The van der Waals surface area contributed by atoms with Crippen molar-refractivity contribution < 1.29 is 4.79 Å². The average molecular weight is 267 g/mol. The van der Waals surface area contributed by atoms with Crippen molar-refractivity contribution in [3.63, 3.8) is 0 Å². The summed E-state index contributed by atoms with van der Waals surface area (Å²) in [6, 6.07) is 7.68. The minimum Gasteiger partial charge on any atom is -0.364 e. The number of carbonyl (C=O) groups is 1. The Morgan fingerprint density at radius 3 is 2.55 bits per heavy atom. The highest BCUT2D eigenvalue weighted by Gasteiger charge is 2.14. The molecule has 2 aromatic rings. The summed E-state index contributed by atoms with van der Waals surface area (Å²) in [6.07, 6.45) is 1.22. The van der Waals surface area contributed by atoms with Gasteiger partial charge in [-0.1, -0.05) is 18.2 Å². The van der Waals surface area contributed by atoms with E-state index in [1.807, 2.05) is 38.1 Å². The Labute approximate surface area is 116 Å². The first-order chi connectivity index (χ1) is 9.52. The second-order valence-electron chi connectivity index (χ2n) is 4.32. The van der Waals surface area contributed by atoms with Crippen molar-refractivity contribution in [2.75, 3.05) is 5.32 Å². The second-order valence-corrected chi connectivity index (χ2v) is 4.32. The Balaban J connectivity index is 2.52. The molecule has 0 aliphatic heterocycles. The van der Waals surface area contributed by atoms with E-state index in [0.717, 1.165) is 16.8 Å². The van der Waals surface area contributed by atoms with Crippen LogP contribution in [0, 0.1) is 25.2 Å². The van der Waals surface area contributed by atoms with E-state index in [2.05, 4.69) is 15.3 Å². The molecule has 0 fully saturated rings. The number of carbonyl (C=O) groups excluding carboxylic acids is 1. The number of nitrogens with two attached hydrogens (primary N) is 1. The maximum absolute atomic E-state index is 11.4. The van der Waals surface area contributed by atoms with Gasteiger partial charge in [0.05, 0.1) is 6.20 Å². The normalized spacial score (nSPS) is 9.85. The number of hydrogen-bond acceptors (Lipinski definition) is 5. The monoisotopic (exact) mass is 267 g/mol. The molecular formula is C14H13N5O. The van der Waals surface area contributed by atoms with Crippen LogP contribution in [-0.4, -0.2) is 15.9 Å². The molecule has 0 spiro atoms. The summed E-state index contributed by atoms with van der Waals surface area (Å²) >= 11 is 0. The standard InChI is InChI=1S/C14H13N5O/c1-8-4-3-5-9(2)11(8)19-14-12(13(16)20)17-7-10(6-15)18-14/h3-5,7H,1-2H3,(H2,16,20)(H,18,19). The van der Waals surface area contributed by atoms with Crippen LogP contribution in [0.4, 0.5) is 11.5 Å². The van der Waals surface area contributed by atoms with Gasteiger partial charge >= 0.3 is 0 Å². The summed E-state index contributed by atoms with van der Waals surface area (Å²) in [5, 5.41) is 11.9. The first-order valence-corrected chi connectivity index (χ1v) is 5.93. The third-order valence-electron chi connectivity index (χ3n) is 2.84. The maximum atomic E-state index is 11.4. The molecule has 0 bridgehead atoms. The maximum Gasteiger partial charge on any atom is 0.271 e. The molecule has 1 aromatic heterocycles. The Morgan fingerprint density at radius 2 is 2.00 bits per heavy atom. The van der Waals surface area contributed by atoms with Crippen molar-refractivity contribution in [1.82, 2.24) is 9.97 Å². The molecule has 3 N–H and O–H groups in total. The fraction of sp³-hybridized carbons (Fsp3) is 0.143. The Hall–Kier alpha value is -2.94. The molecule has 20 heavy (non-hydrogen) atoms. The molecule has 1 aromatic carbocycles. The number of nitrogens with zero attached hydrogens (tertiary/aromatic N) is 3. The first-order valence-electron chi connectivity index (χ1n) is 5.93. The molecular weight excluding hydrogens is 254 g/mol. The van der Waals surface area contributed by atoms with Crippen molar-refractivity contribution in [1.29, 1.82) is 5.26 Å². The number of aromatic nitrogens is 2. The van der Waals surface area contributed by atoms with E-state index in [0.29, 0.717) is 0 Å². The molecule has 6 heteroatoms. The summed E-state index contributed by atoms with van der Waals surface area (Å²) in [7, 11) is 0. The molecule has 2 rings (SSSR count). The van der Waals surface area contributed by atoms with Gasteiger partial charge in [0.25, 0.3) is 5.91 Å². The van der Waals surface area contributed by atoms with E-state index in [1.165, 1.54) is 6.20 Å². The van der Waals surface area contributed by atoms with Gasteiger partial charge in [-0.2, -0.15) is 5.26 Å². The third-order valence-corrected chi connectivity index (χ3v) is 2.84. The van der Waals surface area contributed by atoms with Gasteiger partial charge in [-0.05, 0) is 25.0 Å². The van der Waals surface area contributed by atoms with Gasteiger partial charge in [-0.25, -0.2) is 9.97 Å². The lowest BCUT2D eigenvalue weighted by molar-refractivity contribution is 0.0996. The van der Waals surface area contributed by atoms with Crippen LogP contribution in [0.25, 0.3) is 0 Å². The van der Waals surface area contributed by atoms with E-state index in [9.17, 15) is 4.79 Å². The van der Waals surface area contributed by atoms with Crippen molar-refractivity contribution >= 4 is 17.4 Å². The number of para-hydroxylation sites is 1. The lowest BCUT2D eigenvalue weighted by Gasteiger charge is -2.13. The number of amides is 1. The largest absolute Gasteiger partial charge is 0.364 e. The highest BCUT2D eigenvalue weighted by Crippen LogP contribution is 2.24. The average Bonchev–Trinajstić information content (AvgIpc) is 2.42. The predicted molar refractivity (Wildman–Crippen MR) is 74.5 cm³/mol. The smallest absolute Gasteiger partial charge is 0.271 e. The van der Waals surface area contributed by atoms with Crippen LogP contribution in [0.5, 0.6) is 0 Å². The van der Waals surface area contributed by atoms with Crippen molar-refractivity contribution in [2.45, 2.75) is 13.8 Å². The zero-order valence-corrected chi connectivity index (χ0v) is 11.1. The van der Waals surface area contributed by atoms with E-state index in [4.69, 9.17) is 11.0 Å². The number of benzene rings is 1. The zero-order valence-electron chi connectivity index (χ0n) is 11.1. The predicted octanol–water partition coefficient (Wildman–Crippen LogP) is 1.81. The Kier molecular flexibility index (Phi) is 3.62. The van der Waals surface area contributed by atoms with Crippen molar-refractivity contribution in [2.24, 2.45) is 5.73 Å². The molecule has 0 saturated carbocycles. The van der Waals surface area contributed by atoms with Crippen molar-refractivity contribution in [3.8, 4) is 6.07 Å². The third kappa shape index (κ3) is 2.57. The quantitative estimate of drug-likeness (QED) is 0.882. The molecule has 0 aliphatic carbocycles. The number of nitrogens with one attached hydrogen (secondary N) is 1. The topological polar surface area (TPSA) is 105 Å². The van der Waals surface area contributed by atoms with E-state index in [1.54, 1.807) is 0 Å². The number of rotatable bonds is 3. The van der Waals surface area contributed by atoms with Gasteiger partial charge < -0.3 is 11.1 Å². The van der Waals surface area contributed by atoms with Gasteiger partial charge in [-0.15, -0.1) is 0 Å². The number of anilines is 2. The molecule has 100 valence electrons. The summed E-state index contributed by atoms with van der Waals surface area (Å²) in [4.78, 5) is 19.3. The minimum atomic E-state index is -0.698. The molecule has 1 heterocycles. The van der Waals surface area contributed by atoms with Gasteiger partial charge in [-0.3, -0.25) is 4.79 Å². The van der Waals surface area contributed by atoms with Crippen LogP contribution >= 0.6 is 0 Å². The lowest BCUT2D eigenvalue weighted by atomic mass is 10.1.